The molecule has 2 amide bonds. The monoisotopic (exact) mass is 456 g/mol. The van der Waals surface area contributed by atoms with Gasteiger partial charge in [-0.3, -0.25) is 20.1 Å². The minimum absolute atomic E-state index is 0.0776. The number of aromatic nitrogens is 1. The van der Waals surface area contributed by atoms with Crippen molar-refractivity contribution in [1.29, 1.82) is 0 Å². The maximum atomic E-state index is 12.9. The highest BCUT2D eigenvalue weighted by atomic mass is 19.4. The normalized spacial score (nSPS) is 23.3. The summed E-state index contributed by atoms with van der Waals surface area (Å²) < 4.78 is 38.6. The van der Waals surface area contributed by atoms with Crippen molar-refractivity contribution in [2.24, 2.45) is 16.8 Å². The van der Waals surface area contributed by atoms with Crippen molar-refractivity contribution in [2.75, 3.05) is 24.7 Å². The number of nitrogens with one attached hydrogen (secondary N) is 1. The van der Waals surface area contributed by atoms with Crippen LogP contribution in [0.25, 0.3) is 0 Å². The highest BCUT2D eigenvalue weighted by molar-refractivity contribution is 6.02. The Kier molecular flexibility index (Phi) is 5.32. The summed E-state index contributed by atoms with van der Waals surface area (Å²) in [7, 11) is 0. The number of amides is 2. The average Bonchev–Trinajstić information content (AvgIpc) is 3.37. The molecule has 2 aromatic rings. The zero-order valence-electron chi connectivity index (χ0n) is 18.0. The van der Waals surface area contributed by atoms with E-state index in [1.807, 2.05) is 18.3 Å². The summed E-state index contributed by atoms with van der Waals surface area (Å²) in [5.41, 5.74) is 0.989. The number of carbonyl (C=O) groups excluding carboxylic acids is 1. The molecule has 10 heteroatoms. The van der Waals surface area contributed by atoms with Gasteiger partial charge in [0, 0.05) is 49.8 Å². The fourth-order valence-corrected chi connectivity index (χ4v) is 4.54. The molecule has 33 heavy (non-hydrogen) atoms. The van der Waals surface area contributed by atoms with Crippen LogP contribution in [0.1, 0.15) is 18.1 Å². The SMILES string of the molecule is CC1CN(Cc2cccnc2)CC1C1=NC2=CN(c3ccc(C(F)(F)F)cc3)CN2C(=O)N1. The van der Waals surface area contributed by atoms with E-state index < -0.39 is 11.7 Å². The van der Waals surface area contributed by atoms with Gasteiger partial charge in [-0.15, -0.1) is 0 Å². The van der Waals surface area contributed by atoms with Crippen LogP contribution in [0.4, 0.5) is 23.7 Å². The van der Waals surface area contributed by atoms with Gasteiger partial charge in [0.1, 0.15) is 12.5 Å². The molecule has 172 valence electrons. The second kappa shape index (κ2) is 8.18. The third kappa shape index (κ3) is 4.30. The van der Waals surface area contributed by atoms with Crippen molar-refractivity contribution >= 4 is 17.6 Å². The molecule has 0 saturated carbocycles. The van der Waals surface area contributed by atoms with Crippen LogP contribution < -0.4 is 10.2 Å². The number of urea groups is 1. The van der Waals surface area contributed by atoms with Crippen molar-refractivity contribution < 1.29 is 18.0 Å². The number of likely N-dealkylation sites (tertiary alicyclic amines) is 1. The molecule has 3 aliphatic heterocycles. The zero-order chi connectivity index (χ0) is 23.2. The lowest BCUT2D eigenvalue weighted by Gasteiger charge is -2.28. The molecule has 0 spiro atoms. The van der Waals surface area contributed by atoms with Gasteiger partial charge in [-0.25, -0.2) is 9.79 Å². The molecule has 5 rings (SSSR count). The van der Waals surface area contributed by atoms with Gasteiger partial charge < -0.3 is 4.90 Å². The number of benzene rings is 1. The van der Waals surface area contributed by atoms with Crippen molar-refractivity contribution in [3.8, 4) is 0 Å². The van der Waals surface area contributed by atoms with E-state index in [1.165, 1.54) is 17.0 Å². The number of carbonyl (C=O) groups is 1. The second-order valence-electron chi connectivity index (χ2n) is 8.64. The van der Waals surface area contributed by atoms with Gasteiger partial charge in [-0.2, -0.15) is 13.2 Å². The topological polar surface area (TPSA) is 64.1 Å². The van der Waals surface area contributed by atoms with E-state index in [4.69, 9.17) is 4.99 Å². The Hall–Kier alpha value is -3.40. The number of aliphatic imine (C=N–C) groups is 1. The lowest BCUT2D eigenvalue weighted by molar-refractivity contribution is -0.137. The van der Waals surface area contributed by atoms with Gasteiger partial charge in [0.2, 0.25) is 0 Å². The maximum Gasteiger partial charge on any atom is 0.416 e. The first-order valence-corrected chi connectivity index (χ1v) is 10.7. The van der Waals surface area contributed by atoms with Crippen LogP contribution in [0.3, 0.4) is 0 Å². The molecular weight excluding hydrogens is 433 g/mol. The molecule has 4 heterocycles. The van der Waals surface area contributed by atoms with Crippen molar-refractivity contribution in [3.63, 3.8) is 0 Å². The summed E-state index contributed by atoms with van der Waals surface area (Å²) in [6.45, 7) is 4.77. The molecule has 2 atom stereocenters. The summed E-state index contributed by atoms with van der Waals surface area (Å²) in [4.78, 5) is 27.2. The number of halogens is 3. The van der Waals surface area contributed by atoms with Crippen molar-refractivity contribution in [3.05, 3.63) is 71.9 Å². The second-order valence-corrected chi connectivity index (χ2v) is 8.64. The Bertz CT molecular complexity index is 1100. The van der Waals surface area contributed by atoms with E-state index >= 15 is 0 Å². The quantitative estimate of drug-likeness (QED) is 0.759. The van der Waals surface area contributed by atoms with Crippen LogP contribution in [-0.2, 0) is 12.7 Å². The molecule has 1 aromatic carbocycles. The van der Waals surface area contributed by atoms with Gasteiger partial charge in [-0.1, -0.05) is 13.0 Å². The van der Waals surface area contributed by atoms with E-state index in [2.05, 4.69) is 22.1 Å². The number of anilines is 1. The number of nitrogens with zero attached hydrogens (tertiary/aromatic N) is 5. The molecule has 1 N–H and O–H groups in total. The molecule has 0 aliphatic carbocycles. The molecule has 2 unspecified atom stereocenters. The van der Waals surface area contributed by atoms with Crippen LogP contribution in [0.5, 0.6) is 0 Å². The minimum atomic E-state index is -4.39. The number of pyridine rings is 1. The van der Waals surface area contributed by atoms with Gasteiger partial charge >= 0.3 is 12.2 Å². The standard InChI is InChI=1S/C23H23F3N6O/c1-15-10-30(11-16-3-2-8-27-9-16)12-19(15)21-28-20-13-31(14-32(20)22(33)29-21)18-6-4-17(5-7-18)23(24,25)26/h2-9,13,15,19H,10-12,14H2,1H3,(H,28,29,33). The van der Waals surface area contributed by atoms with E-state index in [0.29, 0.717) is 23.3 Å². The maximum absolute atomic E-state index is 12.9. The van der Waals surface area contributed by atoms with Crippen LogP contribution >= 0.6 is 0 Å². The van der Waals surface area contributed by atoms with Gasteiger partial charge in [0.15, 0.2) is 5.82 Å². The number of alkyl halides is 3. The number of fused-ring (bicyclic) bond motifs is 1. The molecular formula is C23H23F3N6O. The first kappa shape index (κ1) is 21.4. The van der Waals surface area contributed by atoms with Gasteiger partial charge in [-0.05, 0) is 41.8 Å². The summed E-state index contributed by atoms with van der Waals surface area (Å²) in [5, 5.41) is 2.93. The first-order valence-electron chi connectivity index (χ1n) is 10.7. The van der Waals surface area contributed by atoms with E-state index in [9.17, 15) is 18.0 Å². The Morgan fingerprint density at radius 1 is 1.15 bits per heavy atom. The summed E-state index contributed by atoms with van der Waals surface area (Å²) in [6, 6.07) is 8.56. The lowest BCUT2D eigenvalue weighted by atomic mass is 9.96. The fourth-order valence-electron chi connectivity index (χ4n) is 4.54. The molecule has 1 fully saturated rings. The minimum Gasteiger partial charge on any atom is -0.326 e. The summed E-state index contributed by atoms with van der Waals surface area (Å²) in [6.07, 6.45) is 0.922. The number of hydrogen-bond donors (Lipinski definition) is 1. The van der Waals surface area contributed by atoms with Gasteiger partial charge in [0.05, 0.1) is 5.56 Å². The van der Waals surface area contributed by atoms with Crippen LogP contribution in [0.2, 0.25) is 0 Å². The number of amidine groups is 1. The van der Waals surface area contributed by atoms with Crippen LogP contribution in [0.15, 0.2) is 65.8 Å². The van der Waals surface area contributed by atoms with Gasteiger partial charge in [0.25, 0.3) is 0 Å². The Morgan fingerprint density at radius 3 is 2.64 bits per heavy atom. The predicted octanol–water partition coefficient (Wildman–Crippen LogP) is 3.87. The number of rotatable bonds is 4. The fraction of sp³-hybridized carbons (Fsp3) is 0.348. The Labute approximate surface area is 189 Å². The highest BCUT2D eigenvalue weighted by Crippen LogP contribution is 2.33. The van der Waals surface area contributed by atoms with E-state index in [-0.39, 0.29) is 18.6 Å². The van der Waals surface area contributed by atoms with E-state index in [1.54, 1.807) is 17.3 Å². The summed E-state index contributed by atoms with van der Waals surface area (Å²) in [5.74, 6) is 1.51. The van der Waals surface area contributed by atoms with E-state index in [0.717, 1.165) is 37.3 Å². The summed E-state index contributed by atoms with van der Waals surface area (Å²) >= 11 is 0. The molecule has 3 aliphatic rings. The van der Waals surface area contributed by atoms with Crippen LogP contribution in [0, 0.1) is 11.8 Å². The largest absolute Gasteiger partial charge is 0.416 e. The highest BCUT2D eigenvalue weighted by Gasteiger charge is 2.39. The van der Waals surface area contributed by atoms with Crippen LogP contribution in [-0.4, -0.2) is 46.4 Å². The molecule has 7 nitrogen and oxygen atoms in total. The molecule has 1 saturated heterocycles. The smallest absolute Gasteiger partial charge is 0.326 e. The van der Waals surface area contributed by atoms with Crippen molar-refractivity contribution in [2.45, 2.75) is 19.6 Å². The lowest BCUT2D eigenvalue weighted by Crippen LogP contribution is -2.49. The predicted molar refractivity (Wildman–Crippen MR) is 117 cm³/mol. The number of hydrogen-bond acceptors (Lipinski definition) is 5. The molecule has 0 bridgehead atoms. The first-order chi connectivity index (χ1) is 15.8. The Morgan fingerprint density at radius 2 is 1.94 bits per heavy atom. The molecule has 1 aromatic heterocycles. The third-order valence-corrected chi connectivity index (χ3v) is 6.25. The van der Waals surface area contributed by atoms with Crippen molar-refractivity contribution in [1.82, 2.24) is 20.1 Å². The zero-order valence-corrected chi connectivity index (χ0v) is 18.0. The average molecular weight is 456 g/mol. The third-order valence-electron chi connectivity index (χ3n) is 6.25. The molecule has 0 radical (unpaired) electrons. The Balaban J connectivity index is 1.32.